The normalized spacial score (nSPS) is 18.4. The Labute approximate surface area is 133 Å². The summed E-state index contributed by atoms with van der Waals surface area (Å²) in [5, 5.41) is 7.54. The second kappa shape index (κ2) is 7.24. The van der Waals surface area contributed by atoms with Crippen molar-refractivity contribution in [3.63, 3.8) is 0 Å². The Bertz CT molecular complexity index is 517. The van der Waals surface area contributed by atoms with E-state index in [1.807, 2.05) is 18.5 Å². The first-order valence-electron chi connectivity index (χ1n) is 8.11. The molecule has 6 heteroatoms. The van der Waals surface area contributed by atoms with Gasteiger partial charge in [0.15, 0.2) is 0 Å². The molecule has 0 spiro atoms. The lowest BCUT2D eigenvalue weighted by Crippen LogP contribution is -2.53. The van der Waals surface area contributed by atoms with Gasteiger partial charge in [-0.3, -0.25) is 14.4 Å². The highest BCUT2D eigenvalue weighted by atomic mass is 16.2. The number of hydrogen-bond acceptors (Lipinski definition) is 4. The number of carbonyl (C=O) groups is 1. The number of nitrogens with zero attached hydrogens (tertiary/aromatic N) is 4. The standard InChI is InChI=1S/C16H29N5O/c1-12-13(2)18-21(14(12)3)7-6-17-16(22)15(4)20-10-8-19(5)9-11-20/h15H,6-11H2,1-5H3,(H,17,22)/t15-/m1/s1. The third-order valence-electron chi connectivity index (χ3n) is 4.83. The van der Waals surface area contributed by atoms with Crippen molar-refractivity contribution < 1.29 is 4.79 Å². The lowest BCUT2D eigenvalue weighted by atomic mass is 10.2. The van der Waals surface area contributed by atoms with Gasteiger partial charge in [0.2, 0.25) is 5.91 Å². The lowest BCUT2D eigenvalue weighted by molar-refractivity contribution is -0.126. The van der Waals surface area contributed by atoms with Crippen molar-refractivity contribution in [2.75, 3.05) is 39.8 Å². The van der Waals surface area contributed by atoms with Crippen molar-refractivity contribution in [3.8, 4) is 0 Å². The molecule has 2 rings (SSSR count). The summed E-state index contributed by atoms with van der Waals surface area (Å²) in [5.74, 6) is 0.114. The molecule has 0 bridgehead atoms. The summed E-state index contributed by atoms with van der Waals surface area (Å²) in [6, 6.07) is -0.0594. The summed E-state index contributed by atoms with van der Waals surface area (Å²) in [5.41, 5.74) is 3.48. The van der Waals surface area contributed by atoms with Crippen LogP contribution in [0.5, 0.6) is 0 Å². The van der Waals surface area contributed by atoms with Gasteiger partial charge in [0, 0.05) is 38.4 Å². The highest BCUT2D eigenvalue weighted by molar-refractivity contribution is 5.81. The van der Waals surface area contributed by atoms with E-state index in [2.05, 4.69) is 41.1 Å². The van der Waals surface area contributed by atoms with Crippen molar-refractivity contribution in [2.24, 2.45) is 0 Å². The van der Waals surface area contributed by atoms with Crippen LogP contribution < -0.4 is 5.32 Å². The van der Waals surface area contributed by atoms with E-state index in [4.69, 9.17) is 0 Å². The van der Waals surface area contributed by atoms with Crippen molar-refractivity contribution in [1.29, 1.82) is 0 Å². The van der Waals surface area contributed by atoms with Crippen LogP contribution in [0.1, 0.15) is 23.9 Å². The number of piperazine rings is 1. The highest BCUT2D eigenvalue weighted by Gasteiger charge is 2.24. The van der Waals surface area contributed by atoms with Gasteiger partial charge in [0.1, 0.15) is 0 Å². The van der Waals surface area contributed by atoms with E-state index >= 15 is 0 Å². The molecule has 1 aliphatic rings. The number of rotatable bonds is 5. The van der Waals surface area contributed by atoms with Gasteiger partial charge in [0.05, 0.1) is 18.3 Å². The molecule has 22 heavy (non-hydrogen) atoms. The third kappa shape index (κ3) is 3.87. The zero-order chi connectivity index (χ0) is 16.3. The highest BCUT2D eigenvalue weighted by Crippen LogP contribution is 2.10. The number of amides is 1. The minimum atomic E-state index is -0.0594. The Hall–Kier alpha value is -1.40. The van der Waals surface area contributed by atoms with Gasteiger partial charge in [0.25, 0.3) is 0 Å². The monoisotopic (exact) mass is 307 g/mol. The Morgan fingerprint density at radius 1 is 1.23 bits per heavy atom. The number of aryl methyl sites for hydroxylation is 1. The van der Waals surface area contributed by atoms with E-state index in [0.29, 0.717) is 6.54 Å². The van der Waals surface area contributed by atoms with Crippen LogP contribution in [0.3, 0.4) is 0 Å². The predicted molar refractivity (Wildman–Crippen MR) is 88.0 cm³/mol. The molecule has 0 radical (unpaired) electrons. The minimum Gasteiger partial charge on any atom is -0.353 e. The SMILES string of the molecule is Cc1nn(CCNC(=O)[C@@H](C)N2CCN(C)CC2)c(C)c1C. The largest absolute Gasteiger partial charge is 0.353 e. The van der Waals surface area contributed by atoms with Crippen LogP contribution in [0.4, 0.5) is 0 Å². The quantitative estimate of drug-likeness (QED) is 0.864. The lowest BCUT2D eigenvalue weighted by Gasteiger charge is -2.35. The Kier molecular flexibility index (Phi) is 5.58. The van der Waals surface area contributed by atoms with E-state index < -0.39 is 0 Å². The van der Waals surface area contributed by atoms with E-state index in [1.165, 1.54) is 11.3 Å². The fourth-order valence-electron chi connectivity index (χ4n) is 2.81. The van der Waals surface area contributed by atoms with Gasteiger partial charge in [-0.2, -0.15) is 5.10 Å². The second-order valence-electron chi connectivity index (χ2n) is 6.33. The number of hydrogen-bond donors (Lipinski definition) is 1. The maximum atomic E-state index is 12.3. The molecule has 1 aromatic rings. The molecule has 1 saturated heterocycles. The molecule has 0 unspecified atom stereocenters. The number of nitrogens with one attached hydrogen (secondary N) is 1. The summed E-state index contributed by atoms with van der Waals surface area (Å²) < 4.78 is 1.98. The molecule has 1 aliphatic heterocycles. The average Bonchev–Trinajstić information content (AvgIpc) is 2.74. The van der Waals surface area contributed by atoms with Gasteiger partial charge in [-0.1, -0.05) is 0 Å². The molecule has 1 aromatic heterocycles. The van der Waals surface area contributed by atoms with Gasteiger partial charge in [-0.25, -0.2) is 0 Å². The molecule has 0 saturated carbocycles. The Balaban J connectivity index is 1.78. The Morgan fingerprint density at radius 3 is 2.41 bits per heavy atom. The van der Waals surface area contributed by atoms with E-state index in [-0.39, 0.29) is 11.9 Å². The van der Waals surface area contributed by atoms with Gasteiger partial charge in [-0.05, 0) is 40.3 Å². The van der Waals surface area contributed by atoms with E-state index in [0.717, 1.165) is 38.4 Å². The van der Waals surface area contributed by atoms with E-state index in [1.54, 1.807) is 0 Å². The van der Waals surface area contributed by atoms with Crippen LogP contribution in [-0.4, -0.2) is 71.3 Å². The summed E-state index contributed by atoms with van der Waals surface area (Å²) in [7, 11) is 2.12. The van der Waals surface area contributed by atoms with Crippen molar-refractivity contribution in [3.05, 3.63) is 17.0 Å². The first kappa shape index (κ1) is 17.0. The predicted octanol–water partition coefficient (Wildman–Crippen LogP) is 0.560. The molecule has 124 valence electrons. The van der Waals surface area contributed by atoms with Crippen molar-refractivity contribution in [2.45, 2.75) is 40.3 Å². The van der Waals surface area contributed by atoms with E-state index in [9.17, 15) is 4.79 Å². The summed E-state index contributed by atoms with van der Waals surface area (Å²) in [6.07, 6.45) is 0. The minimum absolute atomic E-state index is 0.0594. The number of carbonyl (C=O) groups excluding carboxylic acids is 1. The molecular formula is C16H29N5O. The first-order valence-corrected chi connectivity index (χ1v) is 8.11. The summed E-state index contributed by atoms with van der Waals surface area (Å²) in [4.78, 5) is 16.8. The van der Waals surface area contributed by atoms with Crippen molar-refractivity contribution >= 4 is 5.91 Å². The molecule has 1 atom stereocenters. The molecular weight excluding hydrogens is 278 g/mol. The average molecular weight is 307 g/mol. The first-order chi connectivity index (χ1) is 10.4. The van der Waals surface area contributed by atoms with Crippen LogP contribution in [-0.2, 0) is 11.3 Å². The molecule has 2 heterocycles. The smallest absolute Gasteiger partial charge is 0.237 e. The number of likely N-dealkylation sites (N-methyl/N-ethyl adjacent to an activating group) is 1. The third-order valence-corrected chi connectivity index (χ3v) is 4.83. The summed E-state index contributed by atoms with van der Waals surface area (Å²) >= 11 is 0. The molecule has 0 aromatic carbocycles. The van der Waals surface area contributed by atoms with Gasteiger partial charge >= 0.3 is 0 Å². The van der Waals surface area contributed by atoms with Gasteiger partial charge in [-0.15, -0.1) is 0 Å². The fraction of sp³-hybridized carbons (Fsp3) is 0.750. The molecule has 1 fully saturated rings. The Morgan fingerprint density at radius 2 is 1.86 bits per heavy atom. The summed E-state index contributed by atoms with van der Waals surface area (Å²) in [6.45, 7) is 13.5. The zero-order valence-electron chi connectivity index (χ0n) is 14.5. The second-order valence-corrected chi connectivity index (χ2v) is 6.33. The van der Waals surface area contributed by atoms with Gasteiger partial charge < -0.3 is 10.2 Å². The molecule has 6 nitrogen and oxygen atoms in total. The van der Waals surface area contributed by atoms with Crippen LogP contribution in [0.15, 0.2) is 0 Å². The maximum Gasteiger partial charge on any atom is 0.237 e. The van der Waals surface area contributed by atoms with Crippen LogP contribution in [0.2, 0.25) is 0 Å². The zero-order valence-corrected chi connectivity index (χ0v) is 14.5. The van der Waals surface area contributed by atoms with Crippen LogP contribution in [0, 0.1) is 20.8 Å². The number of aromatic nitrogens is 2. The van der Waals surface area contributed by atoms with Crippen LogP contribution in [0.25, 0.3) is 0 Å². The van der Waals surface area contributed by atoms with Crippen LogP contribution >= 0.6 is 0 Å². The fourth-order valence-corrected chi connectivity index (χ4v) is 2.81. The molecule has 0 aliphatic carbocycles. The van der Waals surface area contributed by atoms with Crippen molar-refractivity contribution in [1.82, 2.24) is 24.9 Å². The molecule has 1 N–H and O–H groups in total. The maximum absolute atomic E-state index is 12.3. The molecule has 1 amide bonds. The topological polar surface area (TPSA) is 53.4 Å².